The summed E-state index contributed by atoms with van der Waals surface area (Å²) in [6, 6.07) is 8.70. The first-order chi connectivity index (χ1) is 18.3. The number of ether oxygens (including phenoxy) is 1. The minimum absolute atomic E-state index is 0.0215. The molecule has 2 atom stereocenters. The maximum atomic E-state index is 15.4. The molecule has 0 unspecified atom stereocenters. The molecule has 0 saturated heterocycles. The number of hydrogen-bond acceptors (Lipinski definition) is 6. The predicted octanol–water partition coefficient (Wildman–Crippen LogP) is 4.55. The van der Waals surface area contributed by atoms with Gasteiger partial charge in [-0.15, -0.1) is 11.8 Å². The second-order valence-electron chi connectivity index (χ2n) is 9.84. The quantitative estimate of drug-likeness (QED) is 0.459. The molecule has 10 heteroatoms. The maximum absolute atomic E-state index is 15.4. The van der Waals surface area contributed by atoms with Crippen LogP contribution < -0.4 is 15.2 Å². The van der Waals surface area contributed by atoms with Crippen molar-refractivity contribution in [3.8, 4) is 11.5 Å². The summed E-state index contributed by atoms with van der Waals surface area (Å²) in [6.07, 6.45) is 5.03. The van der Waals surface area contributed by atoms with Gasteiger partial charge < -0.3 is 14.7 Å². The molecule has 2 aromatic carbocycles. The van der Waals surface area contributed by atoms with Gasteiger partial charge in [-0.3, -0.25) is 19.3 Å². The van der Waals surface area contributed by atoms with E-state index in [0.717, 1.165) is 16.5 Å². The molecule has 0 radical (unpaired) electrons. The topological polar surface area (TPSA) is 75.0 Å². The van der Waals surface area contributed by atoms with Crippen molar-refractivity contribution in [2.24, 2.45) is 5.92 Å². The Hall–Kier alpha value is -3.79. The summed E-state index contributed by atoms with van der Waals surface area (Å²) in [4.78, 5) is 28.7. The van der Waals surface area contributed by atoms with E-state index in [1.54, 1.807) is 16.0 Å². The average Bonchev–Trinajstić information content (AvgIpc) is 3.08. The van der Waals surface area contributed by atoms with Gasteiger partial charge in [0.25, 0.3) is 5.91 Å². The monoisotopic (exact) mass is 537 g/mol. The summed E-state index contributed by atoms with van der Waals surface area (Å²) < 4.78 is 37.8. The first-order valence-corrected chi connectivity index (χ1v) is 13.3. The molecule has 2 bridgehead atoms. The standard InChI is InChI=1S/C28H25F2N3O4S/c1-15(2)19-7-5-11-37-21-12-18(29)24(30)17-13-38-22-8-4-3-6-16(22)25(23(17)21)33-14-31(19)28(36)26-27(35)20(34)9-10-32(26)33/h3-10,12,15,19,25,35H,11,13-14H2,1-2H3/b7-5+/t19-,25-/m0/s1. The van der Waals surface area contributed by atoms with Crippen LogP contribution in [0.5, 0.6) is 11.5 Å². The Morgan fingerprint density at radius 2 is 1.95 bits per heavy atom. The number of halogens is 2. The zero-order valence-electron chi connectivity index (χ0n) is 20.7. The molecule has 196 valence electrons. The molecule has 3 aliphatic heterocycles. The molecule has 0 saturated carbocycles. The number of carbonyl (C=O) groups excluding carboxylic acids is 1. The van der Waals surface area contributed by atoms with Crippen LogP contribution in [0.2, 0.25) is 0 Å². The number of aromatic nitrogens is 1. The van der Waals surface area contributed by atoms with Gasteiger partial charge in [-0.05, 0) is 23.6 Å². The van der Waals surface area contributed by atoms with Crippen molar-refractivity contribution in [2.75, 3.05) is 18.3 Å². The maximum Gasteiger partial charge on any atom is 0.278 e. The molecule has 0 fully saturated rings. The molecular weight excluding hydrogens is 512 g/mol. The molecule has 4 heterocycles. The number of amides is 1. The molecule has 7 nitrogen and oxygen atoms in total. The van der Waals surface area contributed by atoms with Crippen molar-refractivity contribution in [1.29, 1.82) is 0 Å². The molecule has 38 heavy (non-hydrogen) atoms. The van der Waals surface area contributed by atoms with Crippen LogP contribution in [0.1, 0.15) is 47.1 Å². The summed E-state index contributed by atoms with van der Waals surface area (Å²) in [5.41, 5.74) is 0.560. The number of thioether (sulfide) groups is 1. The van der Waals surface area contributed by atoms with E-state index in [2.05, 4.69) is 0 Å². The Morgan fingerprint density at radius 1 is 1.16 bits per heavy atom. The van der Waals surface area contributed by atoms with E-state index in [1.807, 2.05) is 44.2 Å². The second-order valence-corrected chi connectivity index (χ2v) is 10.9. The van der Waals surface area contributed by atoms with Gasteiger partial charge >= 0.3 is 0 Å². The van der Waals surface area contributed by atoms with Crippen LogP contribution in [-0.2, 0) is 5.75 Å². The van der Waals surface area contributed by atoms with E-state index in [9.17, 15) is 19.1 Å². The third kappa shape index (κ3) is 3.69. The zero-order valence-corrected chi connectivity index (χ0v) is 21.5. The van der Waals surface area contributed by atoms with Gasteiger partial charge in [-0.1, -0.05) is 38.1 Å². The van der Waals surface area contributed by atoms with E-state index in [4.69, 9.17) is 4.74 Å². The minimum atomic E-state index is -1.000. The van der Waals surface area contributed by atoms with Gasteiger partial charge in [0.2, 0.25) is 5.43 Å². The van der Waals surface area contributed by atoms with Gasteiger partial charge in [0.1, 0.15) is 25.1 Å². The van der Waals surface area contributed by atoms with Crippen molar-refractivity contribution in [1.82, 2.24) is 9.58 Å². The third-order valence-electron chi connectivity index (χ3n) is 7.28. The van der Waals surface area contributed by atoms with Crippen molar-refractivity contribution in [3.63, 3.8) is 0 Å². The summed E-state index contributed by atoms with van der Waals surface area (Å²) in [5.74, 6) is -2.76. The summed E-state index contributed by atoms with van der Waals surface area (Å²) in [6.45, 7) is 4.08. The fourth-order valence-electron chi connectivity index (χ4n) is 5.49. The number of benzene rings is 2. The van der Waals surface area contributed by atoms with Gasteiger partial charge in [0, 0.05) is 40.1 Å². The van der Waals surface area contributed by atoms with E-state index in [-0.39, 0.29) is 42.0 Å². The molecule has 0 aliphatic carbocycles. The SMILES string of the molecule is CC(C)[C@@H]1/C=C/COc2cc(F)c(F)c3c2[C@H](c2ccccc2SC3)N2CN1C(=O)c1c(O)c(=O)ccn12. The van der Waals surface area contributed by atoms with Crippen LogP contribution in [0.25, 0.3) is 0 Å². The van der Waals surface area contributed by atoms with Crippen molar-refractivity contribution in [3.05, 3.63) is 99.0 Å². The van der Waals surface area contributed by atoms with Gasteiger partial charge in [0.05, 0.1) is 6.04 Å². The molecular formula is C28H25F2N3O4S. The summed E-state index contributed by atoms with van der Waals surface area (Å²) >= 11 is 1.39. The lowest BCUT2D eigenvalue weighted by atomic mass is 9.92. The van der Waals surface area contributed by atoms with E-state index >= 15 is 4.39 Å². The molecule has 1 aromatic heterocycles. The fraction of sp³-hybridized carbons (Fsp3) is 0.286. The first kappa shape index (κ1) is 24.5. The van der Waals surface area contributed by atoms with Crippen molar-refractivity contribution < 1.29 is 23.4 Å². The molecule has 6 rings (SSSR count). The Bertz CT molecular complexity index is 1550. The zero-order chi connectivity index (χ0) is 26.7. The lowest BCUT2D eigenvalue weighted by Gasteiger charge is -2.46. The van der Waals surface area contributed by atoms with Gasteiger partial charge in [-0.25, -0.2) is 8.78 Å². The van der Waals surface area contributed by atoms with Crippen LogP contribution in [-0.4, -0.2) is 39.9 Å². The average molecular weight is 538 g/mol. The van der Waals surface area contributed by atoms with Crippen LogP contribution >= 0.6 is 11.8 Å². The predicted molar refractivity (Wildman–Crippen MR) is 139 cm³/mol. The highest BCUT2D eigenvalue weighted by molar-refractivity contribution is 7.98. The number of carbonyl (C=O) groups is 1. The van der Waals surface area contributed by atoms with Crippen LogP contribution in [0, 0.1) is 17.6 Å². The highest BCUT2D eigenvalue weighted by atomic mass is 32.2. The molecule has 3 aliphatic rings. The number of aromatic hydroxyl groups is 1. The van der Waals surface area contributed by atoms with Crippen molar-refractivity contribution in [2.45, 2.75) is 36.6 Å². The normalized spacial score (nSPS) is 21.0. The van der Waals surface area contributed by atoms with Gasteiger partial charge in [-0.2, -0.15) is 0 Å². The second kappa shape index (κ2) is 9.20. The minimum Gasteiger partial charge on any atom is -0.502 e. The smallest absolute Gasteiger partial charge is 0.278 e. The lowest BCUT2D eigenvalue weighted by Crippen LogP contribution is -2.58. The number of nitrogens with zero attached hydrogens (tertiary/aromatic N) is 3. The Morgan fingerprint density at radius 3 is 2.74 bits per heavy atom. The van der Waals surface area contributed by atoms with Crippen LogP contribution in [0.4, 0.5) is 8.78 Å². The third-order valence-corrected chi connectivity index (χ3v) is 8.40. The molecule has 1 amide bonds. The summed E-state index contributed by atoms with van der Waals surface area (Å²) in [7, 11) is 0. The van der Waals surface area contributed by atoms with E-state index in [1.165, 1.54) is 28.7 Å². The number of hydrogen-bond donors (Lipinski definition) is 1. The number of rotatable bonds is 1. The molecule has 0 spiro atoms. The lowest BCUT2D eigenvalue weighted by molar-refractivity contribution is 0.0587. The Kier molecular flexibility index (Phi) is 5.94. The fourth-order valence-corrected chi connectivity index (χ4v) is 6.59. The highest BCUT2D eigenvalue weighted by Gasteiger charge is 2.43. The Balaban J connectivity index is 1.72. The first-order valence-electron chi connectivity index (χ1n) is 12.3. The highest BCUT2D eigenvalue weighted by Crippen LogP contribution is 2.47. The molecule has 3 aromatic rings. The molecule has 1 N–H and O–H groups in total. The van der Waals surface area contributed by atoms with E-state index in [0.29, 0.717) is 5.56 Å². The van der Waals surface area contributed by atoms with Gasteiger partial charge in [0.15, 0.2) is 23.1 Å². The summed E-state index contributed by atoms with van der Waals surface area (Å²) in [5, 5.41) is 12.6. The largest absolute Gasteiger partial charge is 0.502 e. The van der Waals surface area contributed by atoms with Crippen molar-refractivity contribution >= 4 is 17.7 Å². The number of pyridine rings is 1. The Labute approximate surface area is 221 Å². The van der Waals surface area contributed by atoms with Crippen LogP contribution in [0.3, 0.4) is 0 Å². The number of fused-ring (bicyclic) bond motifs is 7. The van der Waals surface area contributed by atoms with Crippen LogP contribution in [0.15, 0.2) is 64.4 Å². The van der Waals surface area contributed by atoms with E-state index < -0.39 is 40.8 Å².